The van der Waals surface area contributed by atoms with Crippen molar-refractivity contribution in [1.82, 2.24) is 10.2 Å². The van der Waals surface area contributed by atoms with Crippen molar-refractivity contribution in [2.75, 3.05) is 26.2 Å². The Hall–Kier alpha value is -0.120. The lowest BCUT2D eigenvalue weighted by Gasteiger charge is -2.49. The van der Waals surface area contributed by atoms with Gasteiger partial charge >= 0.3 is 0 Å². The zero-order valence-corrected chi connectivity index (χ0v) is 13.2. The van der Waals surface area contributed by atoms with Gasteiger partial charge in [-0.05, 0) is 47.1 Å². The van der Waals surface area contributed by atoms with Crippen molar-refractivity contribution in [1.29, 1.82) is 0 Å². The van der Waals surface area contributed by atoms with Crippen LogP contribution in [-0.4, -0.2) is 48.3 Å². The molecule has 0 spiro atoms. The molecule has 1 atom stereocenters. The summed E-state index contributed by atoms with van der Waals surface area (Å²) in [6, 6.07) is 0.624. The molecule has 3 nitrogen and oxygen atoms in total. The number of nitrogens with zero attached hydrogens (tertiary/aromatic N) is 1. The van der Waals surface area contributed by atoms with Crippen LogP contribution in [0.25, 0.3) is 0 Å². The van der Waals surface area contributed by atoms with Crippen molar-refractivity contribution >= 4 is 0 Å². The highest BCUT2D eigenvalue weighted by molar-refractivity contribution is 4.92. The molecule has 0 aromatic heterocycles. The highest BCUT2D eigenvalue weighted by Gasteiger charge is 2.39. The Morgan fingerprint density at radius 1 is 1.11 bits per heavy atom. The number of rotatable bonds is 6. The standard InChI is InChI=1S/C15H32N2O/c1-7-9-16-10-13(8-2)17-11-14(3,4)18-15(5,6)12-17/h13,16H,7-12H2,1-6H3. The maximum atomic E-state index is 6.15. The van der Waals surface area contributed by atoms with Crippen molar-refractivity contribution < 1.29 is 4.74 Å². The normalized spacial score (nSPS) is 25.0. The van der Waals surface area contributed by atoms with E-state index in [0.29, 0.717) is 6.04 Å². The maximum Gasteiger partial charge on any atom is 0.0760 e. The van der Waals surface area contributed by atoms with Crippen LogP contribution < -0.4 is 5.32 Å². The van der Waals surface area contributed by atoms with Gasteiger partial charge in [0.15, 0.2) is 0 Å². The molecule has 1 fully saturated rings. The van der Waals surface area contributed by atoms with Gasteiger partial charge in [0.1, 0.15) is 0 Å². The monoisotopic (exact) mass is 256 g/mol. The molecule has 1 rings (SSSR count). The Kier molecular flexibility index (Phi) is 5.63. The van der Waals surface area contributed by atoms with E-state index in [1.165, 1.54) is 12.8 Å². The minimum absolute atomic E-state index is 0.0417. The van der Waals surface area contributed by atoms with E-state index in [1.807, 2.05) is 0 Å². The van der Waals surface area contributed by atoms with E-state index in [2.05, 4.69) is 51.8 Å². The SMILES string of the molecule is CCCNCC(CC)N1CC(C)(C)OC(C)(C)C1. The first kappa shape index (κ1) is 15.9. The first-order valence-electron chi connectivity index (χ1n) is 7.44. The van der Waals surface area contributed by atoms with E-state index in [-0.39, 0.29) is 11.2 Å². The van der Waals surface area contributed by atoms with Crippen LogP contribution in [0.3, 0.4) is 0 Å². The van der Waals surface area contributed by atoms with Crippen molar-refractivity contribution in [2.45, 2.75) is 71.6 Å². The predicted molar refractivity (Wildman–Crippen MR) is 78.1 cm³/mol. The average molecular weight is 256 g/mol. The number of morpholine rings is 1. The first-order chi connectivity index (χ1) is 8.29. The molecular formula is C15H32N2O. The minimum Gasteiger partial charge on any atom is -0.367 e. The lowest BCUT2D eigenvalue weighted by molar-refractivity contribution is -0.187. The lowest BCUT2D eigenvalue weighted by atomic mass is 9.96. The largest absolute Gasteiger partial charge is 0.367 e. The summed E-state index contributed by atoms with van der Waals surface area (Å²) < 4.78 is 6.15. The average Bonchev–Trinajstić information content (AvgIpc) is 2.20. The van der Waals surface area contributed by atoms with Gasteiger partial charge in [0.25, 0.3) is 0 Å². The van der Waals surface area contributed by atoms with Gasteiger partial charge in [0, 0.05) is 25.7 Å². The van der Waals surface area contributed by atoms with Crippen molar-refractivity contribution in [3.8, 4) is 0 Å². The van der Waals surface area contributed by atoms with Crippen LogP contribution in [0.1, 0.15) is 54.4 Å². The molecule has 0 aromatic carbocycles. The molecular weight excluding hydrogens is 224 g/mol. The van der Waals surface area contributed by atoms with E-state index in [4.69, 9.17) is 4.74 Å². The molecule has 1 unspecified atom stereocenters. The minimum atomic E-state index is -0.0417. The molecule has 3 heteroatoms. The Bertz CT molecular complexity index is 235. The number of hydrogen-bond donors (Lipinski definition) is 1. The number of hydrogen-bond acceptors (Lipinski definition) is 3. The van der Waals surface area contributed by atoms with Crippen LogP contribution >= 0.6 is 0 Å². The molecule has 0 bridgehead atoms. The molecule has 1 N–H and O–H groups in total. The molecule has 18 heavy (non-hydrogen) atoms. The number of ether oxygens (including phenoxy) is 1. The van der Waals surface area contributed by atoms with Gasteiger partial charge in [0.05, 0.1) is 11.2 Å². The molecule has 1 saturated heterocycles. The molecule has 0 amide bonds. The van der Waals surface area contributed by atoms with E-state index >= 15 is 0 Å². The summed E-state index contributed by atoms with van der Waals surface area (Å²) in [6.45, 7) is 17.6. The third kappa shape index (κ3) is 4.87. The van der Waals surface area contributed by atoms with Crippen LogP contribution in [0, 0.1) is 0 Å². The Balaban J connectivity index is 2.61. The highest BCUT2D eigenvalue weighted by Crippen LogP contribution is 2.29. The van der Waals surface area contributed by atoms with Crippen LogP contribution in [-0.2, 0) is 4.74 Å². The van der Waals surface area contributed by atoms with Gasteiger partial charge in [-0.2, -0.15) is 0 Å². The van der Waals surface area contributed by atoms with E-state index in [1.54, 1.807) is 0 Å². The Labute approximate surface area is 113 Å². The summed E-state index contributed by atoms with van der Waals surface area (Å²) in [5.41, 5.74) is -0.0835. The van der Waals surface area contributed by atoms with Gasteiger partial charge in [-0.25, -0.2) is 0 Å². The Morgan fingerprint density at radius 3 is 2.11 bits per heavy atom. The molecule has 1 aliphatic heterocycles. The van der Waals surface area contributed by atoms with Gasteiger partial charge in [-0.1, -0.05) is 13.8 Å². The van der Waals surface area contributed by atoms with E-state index in [0.717, 1.165) is 26.2 Å². The molecule has 1 heterocycles. The fourth-order valence-electron chi connectivity index (χ4n) is 3.08. The topological polar surface area (TPSA) is 24.5 Å². The molecule has 1 aliphatic rings. The quantitative estimate of drug-likeness (QED) is 0.740. The Morgan fingerprint density at radius 2 is 1.67 bits per heavy atom. The van der Waals surface area contributed by atoms with Crippen molar-refractivity contribution in [2.24, 2.45) is 0 Å². The smallest absolute Gasteiger partial charge is 0.0760 e. The van der Waals surface area contributed by atoms with Crippen LogP contribution in [0.5, 0.6) is 0 Å². The molecule has 0 aliphatic carbocycles. The van der Waals surface area contributed by atoms with Crippen molar-refractivity contribution in [3.63, 3.8) is 0 Å². The summed E-state index contributed by atoms with van der Waals surface area (Å²) >= 11 is 0. The van der Waals surface area contributed by atoms with Gasteiger partial charge < -0.3 is 10.1 Å². The second-order valence-corrected chi connectivity index (χ2v) is 6.79. The predicted octanol–water partition coefficient (Wildman–Crippen LogP) is 2.65. The van der Waals surface area contributed by atoms with Crippen LogP contribution in [0.2, 0.25) is 0 Å². The van der Waals surface area contributed by atoms with Crippen molar-refractivity contribution in [3.05, 3.63) is 0 Å². The summed E-state index contributed by atoms with van der Waals surface area (Å²) in [6.07, 6.45) is 2.40. The lowest BCUT2D eigenvalue weighted by Crippen LogP contribution is -2.61. The molecule has 0 aromatic rings. The third-order valence-electron chi connectivity index (χ3n) is 3.51. The zero-order valence-electron chi connectivity index (χ0n) is 13.2. The summed E-state index contributed by atoms with van der Waals surface area (Å²) in [4.78, 5) is 2.60. The molecule has 108 valence electrons. The van der Waals surface area contributed by atoms with E-state index < -0.39 is 0 Å². The first-order valence-corrected chi connectivity index (χ1v) is 7.44. The summed E-state index contributed by atoms with van der Waals surface area (Å²) in [5.74, 6) is 0. The second-order valence-electron chi connectivity index (χ2n) is 6.79. The fraction of sp³-hybridized carbons (Fsp3) is 1.00. The molecule has 0 radical (unpaired) electrons. The number of nitrogens with one attached hydrogen (secondary N) is 1. The fourth-order valence-corrected chi connectivity index (χ4v) is 3.08. The zero-order chi connectivity index (χ0) is 13.8. The highest BCUT2D eigenvalue weighted by atomic mass is 16.5. The third-order valence-corrected chi connectivity index (χ3v) is 3.51. The van der Waals surface area contributed by atoms with Gasteiger partial charge in [0.2, 0.25) is 0 Å². The van der Waals surface area contributed by atoms with Gasteiger partial charge in [-0.15, -0.1) is 0 Å². The molecule has 0 saturated carbocycles. The van der Waals surface area contributed by atoms with Crippen LogP contribution in [0.15, 0.2) is 0 Å². The second kappa shape index (κ2) is 6.36. The summed E-state index contributed by atoms with van der Waals surface area (Å²) in [5, 5.41) is 3.56. The van der Waals surface area contributed by atoms with Gasteiger partial charge in [-0.3, -0.25) is 4.90 Å². The van der Waals surface area contributed by atoms with E-state index in [9.17, 15) is 0 Å². The maximum absolute atomic E-state index is 6.15. The summed E-state index contributed by atoms with van der Waals surface area (Å²) in [7, 11) is 0. The van der Waals surface area contributed by atoms with Crippen LogP contribution in [0.4, 0.5) is 0 Å².